The predicted octanol–water partition coefficient (Wildman–Crippen LogP) is 14.9. The molecule has 0 saturated heterocycles. The predicted molar refractivity (Wildman–Crippen MR) is 298 cm³/mol. The van der Waals surface area contributed by atoms with Gasteiger partial charge in [-0.05, 0) is 146 Å². The number of fused-ring (bicyclic) bond motifs is 13. The summed E-state index contributed by atoms with van der Waals surface area (Å²) in [6, 6.07) is 60.5. The third-order valence-electron chi connectivity index (χ3n) is 17.2. The van der Waals surface area contributed by atoms with Gasteiger partial charge in [-0.15, -0.1) is 0 Å². The monoisotopic (exact) mass is 898 g/mol. The summed E-state index contributed by atoms with van der Waals surface area (Å²) in [7, 11) is 0. The first kappa shape index (κ1) is 40.5. The summed E-state index contributed by atoms with van der Waals surface area (Å²) >= 11 is 0. The molecule has 0 atom stereocenters. The molecule has 0 amide bonds. The number of hydrogen-bond donors (Lipinski definition) is 0. The highest BCUT2D eigenvalue weighted by molar-refractivity contribution is 7.01. The molecule has 2 aromatic heterocycles. The van der Waals surface area contributed by atoms with Gasteiger partial charge in [-0.2, -0.15) is 0 Å². The maximum atomic E-state index is 2.79. The van der Waals surface area contributed by atoms with E-state index in [1.165, 1.54) is 160 Å². The summed E-state index contributed by atoms with van der Waals surface area (Å²) in [5.74, 6) is 0. The van der Waals surface area contributed by atoms with E-state index in [4.69, 9.17) is 0 Å². The van der Waals surface area contributed by atoms with Crippen LogP contribution in [0, 0.1) is 27.7 Å². The first-order valence-corrected chi connectivity index (χ1v) is 25.5. The summed E-state index contributed by atoms with van der Waals surface area (Å²) in [6.45, 7) is 23.4. The summed E-state index contributed by atoms with van der Waals surface area (Å²) in [5, 5.41) is 6.66. The molecule has 4 aliphatic rings. The number of aromatic nitrogens is 2. The second-order valence-corrected chi connectivity index (χ2v) is 23.6. The lowest BCUT2D eigenvalue weighted by molar-refractivity contribution is 0.588. The van der Waals surface area contributed by atoms with Gasteiger partial charge in [0.1, 0.15) is 0 Å². The van der Waals surface area contributed by atoms with Gasteiger partial charge in [0.05, 0.1) is 22.1 Å². The van der Waals surface area contributed by atoms with E-state index >= 15 is 0 Å². The highest BCUT2D eigenvalue weighted by Gasteiger charge is 2.55. The van der Waals surface area contributed by atoms with Crippen LogP contribution < -0.4 is 16.4 Å². The van der Waals surface area contributed by atoms with Crippen LogP contribution in [-0.2, 0) is 16.2 Å². The molecule has 0 N–H and O–H groups in total. The zero-order valence-electron chi connectivity index (χ0n) is 41.9. The fourth-order valence-corrected chi connectivity index (χ4v) is 13.9. The quantitative estimate of drug-likeness (QED) is 0.153. The molecule has 15 rings (SSSR count). The third-order valence-corrected chi connectivity index (χ3v) is 17.2. The van der Waals surface area contributed by atoms with Gasteiger partial charge >= 0.3 is 0 Å². The van der Waals surface area contributed by atoms with Crippen molar-refractivity contribution in [3.63, 3.8) is 0 Å². The van der Waals surface area contributed by atoms with Gasteiger partial charge in [0.2, 0.25) is 0 Å². The summed E-state index contributed by atoms with van der Waals surface area (Å²) in [6.07, 6.45) is 0. The van der Waals surface area contributed by atoms with Crippen molar-refractivity contribution in [3.05, 3.63) is 207 Å². The Morgan fingerprint density at radius 1 is 0.429 bits per heavy atom. The molecule has 0 saturated carbocycles. The molecule has 1 spiro atoms. The molecule has 70 heavy (non-hydrogen) atoms. The molecule has 2 nitrogen and oxygen atoms in total. The lowest BCUT2D eigenvalue weighted by Gasteiger charge is -2.44. The minimum atomic E-state index is -0.566. The van der Waals surface area contributed by atoms with E-state index in [1.54, 1.807) is 0 Å². The summed E-state index contributed by atoms with van der Waals surface area (Å²) in [4.78, 5) is 0. The molecule has 0 unspecified atom stereocenters. The van der Waals surface area contributed by atoms with E-state index in [0.29, 0.717) is 0 Å². The van der Waals surface area contributed by atoms with Crippen molar-refractivity contribution in [1.82, 2.24) is 9.13 Å². The largest absolute Gasteiger partial charge is 0.310 e. The Morgan fingerprint density at radius 3 is 1.66 bits per heavy atom. The van der Waals surface area contributed by atoms with Crippen LogP contribution in [-0.4, -0.2) is 15.8 Å². The van der Waals surface area contributed by atoms with Gasteiger partial charge in [0.25, 0.3) is 6.71 Å². The Kier molecular flexibility index (Phi) is 7.57. The molecule has 5 heterocycles. The van der Waals surface area contributed by atoms with E-state index in [2.05, 4.69) is 230 Å². The average Bonchev–Trinajstić information content (AvgIpc) is 3.95. The molecule has 9 aromatic carbocycles. The van der Waals surface area contributed by atoms with Crippen molar-refractivity contribution < 1.29 is 0 Å². The molecule has 0 bridgehead atoms. The minimum absolute atomic E-state index is 0.0321. The van der Waals surface area contributed by atoms with Gasteiger partial charge in [0.15, 0.2) is 0 Å². The van der Waals surface area contributed by atoms with Gasteiger partial charge in [-0.25, -0.2) is 0 Å². The molecule has 1 aliphatic carbocycles. The third kappa shape index (κ3) is 4.86. The van der Waals surface area contributed by atoms with E-state index < -0.39 is 5.41 Å². The normalized spacial score (nSPS) is 14.5. The average molecular weight is 899 g/mol. The molecule has 0 radical (unpaired) electrons. The number of rotatable bonds is 2. The Labute approximate surface area is 411 Å². The fourth-order valence-electron chi connectivity index (χ4n) is 13.9. The Balaban J connectivity index is 1.24. The van der Waals surface area contributed by atoms with Crippen LogP contribution in [0.2, 0.25) is 0 Å². The van der Waals surface area contributed by atoms with Gasteiger partial charge in [0, 0.05) is 38.6 Å². The van der Waals surface area contributed by atoms with Crippen molar-refractivity contribution in [2.75, 3.05) is 0 Å². The standard InChI is InChI=1S/C67H55BN2/c1-36-15-21-40(22-16-36)57-50-31-42-13-11-12-14-45(42)58-63(50)69(60(57)41-23-17-37(2)18-24-41)56-28-27-51-64-59(56)68(58)55-35-44(66(8,9)10)33-49-48-32-43(65(5,6)7)34-54(61(48)70(64)62(49)55)67(51)52-29-38(3)19-25-46(52)47-26-20-39(4)30-53(47)67/h11-35H,1-10H3. The van der Waals surface area contributed by atoms with Crippen LogP contribution in [0.1, 0.15) is 97.2 Å². The van der Waals surface area contributed by atoms with Crippen LogP contribution in [0.25, 0.3) is 88.4 Å². The van der Waals surface area contributed by atoms with Crippen LogP contribution in [0.3, 0.4) is 0 Å². The van der Waals surface area contributed by atoms with Gasteiger partial charge in [-0.1, -0.05) is 191 Å². The Hall–Kier alpha value is -7.36. The smallest absolute Gasteiger partial charge is 0.253 e. The van der Waals surface area contributed by atoms with Crippen LogP contribution in [0.5, 0.6) is 0 Å². The van der Waals surface area contributed by atoms with Gasteiger partial charge < -0.3 is 9.13 Å². The van der Waals surface area contributed by atoms with E-state index in [-0.39, 0.29) is 17.5 Å². The maximum Gasteiger partial charge on any atom is 0.253 e. The lowest BCUT2D eigenvalue weighted by Crippen LogP contribution is -2.61. The summed E-state index contributed by atoms with van der Waals surface area (Å²) in [5.41, 5.74) is 31.4. The molecule has 0 fully saturated rings. The van der Waals surface area contributed by atoms with Crippen molar-refractivity contribution in [2.45, 2.75) is 85.5 Å². The van der Waals surface area contributed by atoms with Crippen LogP contribution in [0.15, 0.2) is 152 Å². The molecular weight excluding hydrogens is 844 g/mol. The Morgan fingerprint density at radius 2 is 1.01 bits per heavy atom. The number of hydrogen-bond acceptors (Lipinski definition) is 0. The molecule has 336 valence electrons. The highest BCUT2D eigenvalue weighted by Crippen LogP contribution is 2.63. The van der Waals surface area contributed by atoms with Crippen LogP contribution in [0.4, 0.5) is 0 Å². The Bertz CT molecular complexity index is 4160. The van der Waals surface area contributed by atoms with E-state index in [9.17, 15) is 0 Å². The molecule has 11 aromatic rings. The first-order valence-electron chi connectivity index (χ1n) is 25.5. The molecule has 3 aliphatic heterocycles. The van der Waals surface area contributed by atoms with E-state index in [1.807, 2.05) is 0 Å². The lowest BCUT2D eigenvalue weighted by atomic mass is 9.33. The second kappa shape index (κ2) is 13.1. The van der Waals surface area contributed by atoms with Gasteiger partial charge in [-0.3, -0.25) is 0 Å². The maximum absolute atomic E-state index is 2.79. The van der Waals surface area contributed by atoms with Crippen molar-refractivity contribution in [1.29, 1.82) is 0 Å². The SMILES string of the molecule is Cc1ccc(-c2c(-c3ccc(C)cc3)n3c4c(c5ccccc5cc24)B2c4c-3ccc3c4-n4c5c2cc(C(C)(C)C)cc5c2cc(C(C)(C)C)cc(c24)C32c3cc(C)ccc3-c3ccc(C)cc32)cc1. The zero-order chi connectivity index (χ0) is 47.7. The summed E-state index contributed by atoms with van der Waals surface area (Å²) < 4.78 is 5.51. The van der Waals surface area contributed by atoms with Crippen molar-refractivity contribution in [3.8, 4) is 44.9 Å². The highest BCUT2D eigenvalue weighted by atomic mass is 15.1. The number of benzene rings is 9. The number of nitrogens with zero attached hydrogens (tertiary/aromatic N) is 2. The zero-order valence-corrected chi connectivity index (χ0v) is 41.9. The van der Waals surface area contributed by atoms with Crippen molar-refractivity contribution in [2.24, 2.45) is 0 Å². The molecule has 3 heteroatoms. The van der Waals surface area contributed by atoms with E-state index in [0.717, 1.165) is 0 Å². The topological polar surface area (TPSA) is 9.86 Å². The molecular formula is C67H55BN2. The van der Waals surface area contributed by atoms with Crippen molar-refractivity contribution >= 4 is 66.6 Å². The van der Waals surface area contributed by atoms with Crippen LogP contribution >= 0.6 is 0 Å². The fraction of sp³-hybridized carbons (Fsp3) is 0.194. The number of aryl methyl sites for hydroxylation is 4. The minimum Gasteiger partial charge on any atom is -0.310 e. The second-order valence-electron chi connectivity index (χ2n) is 23.6. The first-order chi connectivity index (χ1) is 33.6.